The second-order valence-corrected chi connectivity index (χ2v) is 3.89. The van der Waals surface area contributed by atoms with Gasteiger partial charge in [0.1, 0.15) is 11.3 Å². The summed E-state index contributed by atoms with van der Waals surface area (Å²) in [5, 5.41) is 0.554. The van der Waals surface area contributed by atoms with Crippen molar-refractivity contribution in [2.75, 3.05) is 7.11 Å². The maximum Gasteiger partial charge on any atom is 0.341 e. The molecule has 0 heterocycles. The van der Waals surface area contributed by atoms with Gasteiger partial charge in [0.25, 0.3) is 0 Å². The third-order valence-corrected chi connectivity index (χ3v) is 2.40. The first-order valence-corrected chi connectivity index (χ1v) is 5.13. The lowest BCUT2D eigenvalue weighted by Gasteiger charge is -2.09. The molecule has 1 aromatic carbocycles. The van der Waals surface area contributed by atoms with Gasteiger partial charge >= 0.3 is 5.97 Å². The van der Waals surface area contributed by atoms with E-state index in [1.807, 2.05) is 0 Å². The maximum absolute atomic E-state index is 11.4. The smallest absolute Gasteiger partial charge is 0.341 e. The fraction of sp³-hybridized carbons (Fsp3) is 0.364. The molecule has 0 aromatic heterocycles. The fourth-order valence-corrected chi connectivity index (χ4v) is 1.40. The van der Waals surface area contributed by atoms with Crippen molar-refractivity contribution >= 4 is 17.6 Å². The van der Waals surface area contributed by atoms with Crippen molar-refractivity contribution < 1.29 is 14.3 Å². The van der Waals surface area contributed by atoms with E-state index in [2.05, 4.69) is 4.74 Å². The van der Waals surface area contributed by atoms with Crippen molar-refractivity contribution in [2.24, 2.45) is 0 Å². The first-order chi connectivity index (χ1) is 7.20. The number of carbonyl (C=O) groups is 1. The van der Waals surface area contributed by atoms with Crippen LogP contribution in [0.3, 0.4) is 0 Å². The Morgan fingerprint density at radius 3 is 2.80 bits per heavy atom. The largest absolute Gasteiger partial charge is 0.489 e. The van der Waals surface area contributed by atoms with Gasteiger partial charge in [-0.2, -0.15) is 0 Å². The lowest BCUT2D eigenvalue weighted by atomic mass is 10.2. The summed E-state index contributed by atoms with van der Waals surface area (Å²) < 4.78 is 10.2. The standard InChI is InChI=1S/C11H11ClO3/c1-14-11(13)9-5-2-7(12)6-10(9)15-8-3-4-8/h2,5-6,8H,3-4H2,1H3. The highest BCUT2D eigenvalue weighted by Gasteiger charge is 2.26. The van der Waals surface area contributed by atoms with Crippen molar-refractivity contribution in [1.82, 2.24) is 0 Å². The number of ether oxygens (including phenoxy) is 2. The van der Waals surface area contributed by atoms with Crippen LogP contribution in [0.1, 0.15) is 23.2 Å². The Balaban J connectivity index is 2.29. The Bertz CT molecular complexity index is 385. The monoisotopic (exact) mass is 226 g/mol. The Hall–Kier alpha value is -1.22. The van der Waals surface area contributed by atoms with Gasteiger partial charge in [0.2, 0.25) is 0 Å². The van der Waals surface area contributed by atoms with E-state index in [9.17, 15) is 4.79 Å². The summed E-state index contributed by atoms with van der Waals surface area (Å²) in [4.78, 5) is 11.4. The summed E-state index contributed by atoms with van der Waals surface area (Å²) >= 11 is 5.84. The van der Waals surface area contributed by atoms with Gasteiger partial charge in [-0.15, -0.1) is 0 Å². The average molecular weight is 227 g/mol. The zero-order valence-electron chi connectivity index (χ0n) is 8.33. The minimum absolute atomic E-state index is 0.229. The Morgan fingerprint density at radius 1 is 1.47 bits per heavy atom. The van der Waals surface area contributed by atoms with E-state index in [0.29, 0.717) is 16.3 Å². The highest BCUT2D eigenvalue weighted by molar-refractivity contribution is 6.30. The van der Waals surface area contributed by atoms with Gasteiger partial charge < -0.3 is 9.47 Å². The summed E-state index contributed by atoms with van der Waals surface area (Å²) in [7, 11) is 1.35. The Morgan fingerprint density at radius 2 is 2.20 bits per heavy atom. The SMILES string of the molecule is COC(=O)c1ccc(Cl)cc1OC1CC1. The van der Waals surface area contributed by atoms with Gasteiger partial charge in [-0.1, -0.05) is 11.6 Å². The summed E-state index contributed by atoms with van der Waals surface area (Å²) in [6.45, 7) is 0. The second kappa shape index (κ2) is 4.11. The molecule has 1 saturated carbocycles. The molecule has 1 aliphatic rings. The van der Waals surface area contributed by atoms with Crippen LogP contribution < -0.4 is 4.74 Å². The molecule has 80 valence electrons. The third kappa shape index (κ3) is 2.42. The number of hydrogen-bond acceptors (Lipinski definition) is 3. The minimum atomic E-state index is -0.401. The molecule has 0 atom stereocenters. The van der Waals surface area contributed by atoms with E-state index in [-0.39, 0.29) is 6.10 Å². The molecule has 0 unspecified atom stereocenters. The number of hydrogen-bond donors (Lipinski definition) is 0. The average Bonchev–Trinajstić information content (AvgIpc) is 3.01. The van der Waals surface area contributed by atoms with Crippen LogP contribution in [-0.2, 0) is 4.74 Å². The summed E-state index contributed by atoms with van der Waals surface area (Å²) in [6, 6.07) is 4.91. The lowest BCUT2D eigenvalue weighted by molar-refractivity contribution is 0.0595. The van der Waals surface area contributed by atoms with E-state index in [1.165, 1.54) is 7.11 Å². The quantitative estimate of drug-likeness (QED) is 0.744. The Labute approximate surface area is 92.9 Å². The minimum Gasteiger partial charge on any atom is -0.489 e. The Kier molecular flexibility index (Phi) is 2.82. The van der Waals surface area contributed by atoms with Gasteiger partial charge in [-0.25, -0.2) is 4.79 Å². The maximum atomic E-state index is 11.4. The molecule has 4 heteroatoms. The van der Waals surface area contributed by atoms with Gasteiger partial charge in [0.05, 0.1) is 13.2 Å². The van der Waals surface area contributed by atoms with Crippen LogP contribution in [0, 0.1) is 0 Å². The lowest BCUT2D eigenvalue weighted by Crippen LogP contribution is -2.06. The normalized spacial score (nSPS) is 14.8. The zero-order valence-corrected chi connectivity index (χ0v) is 9.08. The number of esters is 1. The van der Waals surface area contributed by atoms with Gasteiger partial charge in [0, 0.05) is 5.02 Å². The molecule has 3 nitrogen and oxygen atoms in total. The van der Waals surface area contributed by atoms with Crippen molar-refractivity contribution in [3.05, 3.63) is 28.8 Å². The van der Waals surface area contributed by atoms with Crippen LogP contribution in [0.4, 0.5) is 0 Å². The van der Waals surface area contributed by atoms with E-state index in [1.54, 1.807) is 18.2 Å². The number of carbonyl (C=O) groups excluding carboxylic acids is 1. The second-order valence-electron chi connectivity index (χ2n) is 3.45. The number of rotatable bonds is 3. The third-order valence-electron chi connectivity index (χ3n) is 2.17. The van der Waals surface area contributed by atoms with Crippen LogP contribution in [0.15, 0.2) is 18.2 Å². The molecule has 0 amide bonds. The highest BCUT2D eigenvalue weighted by atomic mass is 35.5. The van der Waals surface area contributed by atoms with E-state index < -0.39 is 5.97 Å². The molecule has 0 aliphatic heterocycles. The van der Waals surface area contributed by atoms with Crippen LogP contribution in [0.25, 0.3) is 0 Å². The van der Waals surface area contributed by atoms with Crippen LogP contribution >= 0.6 is 11.6 Å². The van der Waals surface area contributed by atoms with Gasteiger partial charge in [-0.3, -0.25) is 0 Å². The molecule has 0 N–H and O–H groups in total. The summed E-state index contributed by atoms with van der Waals surface area (Å²) in [6.07, 6.45) is 2.30. The molecular weight excluding hydrogens is 216 g/mol. The first kappa shape index (κ1) is 10.3. The fourth-order valence-electron chi connectivity index (χ4n) is 1.24. The zero-order chi connectivity index (χ0) is 10.8. The number of halogens is 1. The van der Waals surface area contributed by atoms with Crippen molar-refractivity contribution in [2.45, 2.75) is 18.9 Å². The molecule has 0 radical (unpaired) electrons. The van der Waals surface area contributed by atoms with Crippen LogP contribution in [0.2, 0.25) is 5.02 Å². The molecule has 15 heavy (non-hydrogen) atoms. The molecule has 0 spiro atoms. The summed E-state index contributed by atoms with van der Waals surface area (Å²) in [5.41, 5.74) is 0.425. The molecule has 0 bridgehead atoms. The number of methoxy groups -OCH3 is 1. The van der Waals surface area contributed by atoms with E-state index in [0.717, 1.165) is 12.8 Å². The number of benzene rings is 1. The molecule has 1 fully saturated rings. The first-order valence-electron chi connectivity index (χ1n) is 4.75. The predicted molar refractivity (Wildman–Crippen MR) is 56.4 cm³/mol. The van der Waals surface area contributed by atoms with Crippen molar-refractivity contribution in [1.29, 1.82) is 0 Å². The molecular formula is C11H11ClO3. The van der Waals surface area contributed by atoms with Crippen LogP contribution in [0.5, 0.6) is 5.75 Å². The topological polar surface area (TPSA) is 35.5 Å². The van der Waals surface area contributed by atoms with E-state index >= 15 is 0 Å². The molecule has 1 aliphatic carbocycles. The van der Waals surface area contributed by atoms with Crippen LogP contribution in [-0.4, -0.2) is 19.2 Å². The molecule has 1 aromatic rings. The highest BCUT2D eigenvalue weighted by Crippen LogP contribution is 2.31. The summed E-state index contributed by atoms with van der Waals surface area (Å²) in [5.74, 6) is 0.110. The predicted octanol–water partition coefficient (Wildman–Crippen LogP) is 2.67. The van der Waals surface area contributed by atoms with Gasteiger partial charge in [0.15, 0.2) is 0 Å². The van der Waals surface area contributed by atoms with E-state index in [4.69, 9.17) is 16.3 Å². The van der Waals surface area contributed by atoms with Crippen molar-refractivity contribution in [3.8, 4) is 5.75 Å². The van der Waals surface area contributed by atoms with Gasteiger partial charge in [-0.05, 0) is 31.0 Å². The van der Waals surface area contributed by atoms with Crippen molar-refractivity contribution in [3.63, 3.8) is 0 Å². The molecule has 0 saturated heterocycles. The molecule has 2 rings (SSSR count).